The van der Waals surface area contributed by atoms with Crippen molar-refractivity contribution in [3.63, 3.8) is 0 Å². The summed E-state index contributed by atoms with van der Waals surface area (Å²) in [6, 6.07) is 9.29. The topological polar surface area (TPSA) is 59.8 Å². The molecule has 30 heavy (non-hydrogen) atoms. The zero-order chi connectivity index (χ0) is 21.8. The molecule has 0 saturated carbocycles. The molecule has 0 saturated heterocycles. The summed E-state index contributed by atoms with van der Waals surface area (Å²) in [6.45, 7) is 4.63. The molecule has 1 heterocycles. The van der Waals surface area contributed by atoms with E-state index >= 15 is 0 Å². The van der Waals surface area contributed by atoms with E-state index in [0.717, 1.165) is 0 Å². The van der Waals surface area contributed by atoms with Gasteiger partial charge in [-0.1, -0.05) is 60.4 Å². The van der Waals surface area contributed by atoms with E-state index in [1.165, 1.54) is 23.9 Å². The number of nitrogens with zero attached hydrogens (tertiary/aromatic N) is 3. The summed E-state index contributed by atoms with van der Waals surface area (Å²) in [5, 5.41) is 12.6. The van der Waals surface area contributed by atoms with Gasteiger partial charge < -0.3 is 5.32 Å². The molecular weight excluding hydrogens is 470 g/mol. The van der Waals surface area contributed by atoms with Crippen LogP contribution in [0.5, 0.6) is 0 Å². The van der Waals surface area contributed by atoms with Gasteiger partial charge in [0, 0.05) is 17.1 Å². The summed E-state index contributed by atoms with van der Waals surface area (Å²) < 4.78 is 15.4. The zero-order valence-corrected chi connectivity index (χ0v) is 19.2. The standard InChI is InChI=1S/C20H18Cl3FN4OS/c1-11(2)9-25-18(29)10-30-20-27-26-19(14-5-3-12(21)7-15(14)22)28(20)13-4-6-17(24)16(23)8-13/h3-8,11H,9-10H2,1-2H3,(H,25,29). The highest BCUT2D eigenvalue weighted by molar-refractivity contribution is 7.99. The van der Waals surface area contributed by atoms with Crippen molar-refractivity contribution in [1.29, 1.82) is 0 Å². The number of thioether (sulfide) groups is 1. The molecule has 3 aromatic rings. The van der Waals surface area contributed by atoms with Crippen LogP contribution in [-0.2, 0) is 4.79 Å². The van der Waals surface area contributed by atoms with Crippen LogP contribution in [0.4, 0.5) is 4.39 Å². The van der Waals surface area contributed by atoms with E-state index in [1.54, 1.807) is 28.8 Å². The van der Waals surface area contributed by atoms with Crippen molar-refractivity contribution in [2.75, 3.05) is 12.3 Å². The molecule has 1 N–H and O–H groups in total. The van der Waals surface area contributed by atoms with Gasteiger partial charge in [0.25, 0.3) is 0 Å². The van der Waals surface area contributed by atoms with Crippen molar-refractivity contribution in [1.82, 2.24) is 20.1 Å². The van der Waals surface area contributed by atoms with Crippen LogP contribution in [0.15, 0.2) is 41.6 Å². The highest BCUT2D eigenvalue weighted by Gasteiger charge is 2.20. The molecular formula is C20H18Cl3FN4OS. The molecule has 0 aliphatic heterocycles. The predicted molar refractivity (Wildman–Crippen MR) is 120 cm³/mol. The third-order valence-corrected chi connectivity index (χ3v) is 5.77. The van der Waals surface area contributed by atoms with Crippen LogP contribution in [0.3, 0.4) is 0 Å². The van der Waals surface area contributed by atoms with Crippen molar-refractivity contribution in [2.24, 2.45) is 5.92 Å². The van der Waals surface area contributed by atoms with E-state index in [-0.39, 0.29) is 16.7 Å². The average Bonchev–Trinajstić information content (AvgIpc) is 3.10. The first-order valence-corrected chi connectivity index (χ1v) is 11.1. The van der Waals surface area contributed by atoms with Crippen LogP contribution in [0.2, 0.25) is 15.1 Å². The Morgan fingerprint density at radius 2 is 1.90 bits per heavy atom. The molecule has 10 heteroatoms. The SMILES string of the molecule is CC(C)CNC(=O)CSc1nnc(-c2ccc(Cl)cc2Cl)n1-c1ccc(F)c(Cl)c1. The van der Waals surface area contributed by atoms with E-state index in [0.29, 0.717) is 44.7 Å². The van der Waals surface area contributed by atoms with Crippen molar-refractivity contribution in [2.45, 2.75) is 19.0 Å². The van der Waals surface area contributed by atoms with E-state index in [9.17, 15) is 9.18 Å². The molecule has 1 aromatic heterocycles. The Bertz CT molecular complexity index is 1070. The fourth-order valence-corrected chi connectivity index (χ4v) is 4.01. The highest BCUT2D eigenvalue weighted by Crippen LogP contribution is 2.34. The molecule has 2 aromatic carbocycles. The number of halogens is 4. The molecule has 158 valence electrons. The number of amides is 1. The van der Waals surface area contributed by atoms with E-state index in [4.69, 9.17) is 34.8 Å². The fraction of sp³-hybridized carbons (Fsp3) is 0.250. The molecule has 0 fully saturated rings. The van der Waals surface area contributed by atoms with Gasteiger partial charge in [-0.05, 0) is 42.3 Å². The first-order valence-electron chi connectivity index (χ1n) is 9.02. The first kappa shape index (κ1) is 22.9. The monoisotopic (exact) mass is 486 g/mol. The maximum Gasteiger partial charge on any atom is 0.230 e. The summed E-state index contributed by atoms with van der Waals surface area (Å²) in [7, 11) is 0. The molecule has 0 spiro atoms. The van der Waals surface area contributed by atoms with Gasteiger partial charge in [-0.2, -0.15) is 0 Å². The Labute approximate surface area is 192 Å². The minimum absolute atomic E-state index is 0.0417. The lowest BCUT2D eigenvalue weighted by Gasteiger charge is -2.12. The molecule has 0 bridgehead atoms. The second-order valence-electron chi connectivity index (χ2n) is 6.85. The Morgan fingerprint density at radius 1 is 1.13 bits per heavy atom. The van der Waals surface area contributed by atoms with Gasteiger partial charge in [0.15, 0.2) is 11.0 Å². The summed E-state index contributed by atoms with van der Waals surface area (Å²) in [4.78, 5) is 12.1. The average molecular weight is 488 g/mol. The summed E-state index contributed by atoms with van der Waals surface area (Å²) >= 11 is 19.6. The Kier molecular flexibility index (Phi) is 7.63. The van der Waals surface area contributed by atoms with E-state index in [2.05, 4.69) is 15.5 Å². The first-order chi connectivity index (χ1) is 14.3. The van der Waals surface area contributed by atoms with Gasteiger partial charge in [0.2, 0.25) is 5.91 Å². The van der Waals surface area contributed by atoms with Gasteiger partial charge in [0.1, 0.15) is 5.82 Å². The van der Waals surface area contributed by atoms with E-state index < -0.39 is 5.82 Å². The molecule has 0 radical (unpaired) electrons. The smallest absolute Gasteiger partial charge is 0.230 e. The summed E-state index contributed by atoms with van der Waals surface area (Å²) in [5.41, 5.74) is 1.13. The molecule has 1 amide bonds. The lowest BCUT2D eigenvalue weighted by molar-refractivity contribution is -0.118. The fourth-order valence-electron chi connectivity index (χ4n) is 2.56. The Balaban J connectivity index is 1.99. The molecule has 0 aliphatic carbocycles. The number of nitrogens with one attached hydrogen (secondary N) is 1. The molecule has 3 rings (SSSR count). The second-order valence-corrected chi connectivity index (χ2v) is 9.04. The predicted octanol–water partition coefficient (Wildman–Crippen LogP) is 5.90. The van der Waals surface area contributed by atoms with Crippen molar-refractivity contribution in [3.05, 3.63) is 57.3 Å². The lowest BCUT2D eigenvalue weighted by Crippen LogP contribution is -2.28. The number of carbonyl (C=O) groups excluding carboxylic acids is 1. The second kappa shape index (κ2) is 10.0. The van der Waals surface area contributed by atoms with Gasteiger partial charge in [-0.3, -0.25) is 9.36 Å². The van der Waals surface area contributed by atoms with Crippen LogP contribution in [0.1, 0.15) is 13.8 Å². The highest BCUT2D eigenvalue weighted by atomic mass is 35.5. The van der Waals surface area contributed by atoms with Crippen LogP contribution in [0, 0.1) is 11.7 Å². The Morgan fingerprint density at radius 3 is 2.57 bits per heavy atom. The van der Waals surface area contributed by atoms with Crippen molar-refractivity contribution >= 4 is 52.5 Å². The number of carbonyl (C=O) groups is 1. The maximum atomic E-state index is 13.7. The minimum Gasteiger partial charge on any atom is -0.355 e. The van der Waals surface area contributed by atoms with Crippen molar-refractivity contribution in [3.8, 4) is 17.1 Å². The van der Waals surface area contributed by atoms with Crippen LogP contribution in [0.25, 0.3) is 17.1 Å². The quantitative estimate of drug-likeness (QED) is 0.422. The summed E-state index contributed by atoms with van der Waals surface area (Å²) in [6.07, 6.45) is 0. The molecule has 5 nitrogen and oxygen atoms in total. The van der Waals surface area contributed by atoms with Gasteiger partial charge in [0.05, 0.1) is 21.5 Å². The number of rotatable bonds is 7. The van der Waals surface area contributed by atoms with E-state index in [1.807, 2.05) is 13.8 Å². The zero-order valence-electron chi connectivity index (χ0n) is 16.1. The van der Waals surface area contributed by atoms with Gasteiger partial charge in [-0.25, -0.2) is 4.39 Å². The third-order valence-electron chi connectivity index (χ3n) is 4.01. The molecule has 0 aliphatic rings. The number of aromatic nitrogens is 3. The number of hydrogen-bond acceptors (Lipinski definition) is 4. The van der Waals surface area contributed by atoms with Crippen LogP contribution >= 0.6 is 46.6 Å². The summed E-state index contributed by atoms with van der Waals surface area (Å²) in [5.74, 6) is 0.258. The number of benzene rings is 2. The lowest BCUT2D eigenvalue weighted by atomic mass is 10.2. The number of hydrogen-bond donors (Lipinski definition) is 1. The normalized spacial score (nSPS) is 11.2. The molecule has 0 unspecified atom stereocenters. The van der Waals surface area contributed by atoms with Crippen LogP contribution < -0.4 is 5.32 Å². The molecule has 0 atom stereocenters. The van der Waals surface area contributed by atoms with Crippen molar-refractivity contribution < 1.29 is 9.18 Å². The van der Waals surface area contributed by atoms with Crippen LogP contribution in [-0.4, -0.2) is 33.0 Å². The Hall–Kier alpha value is -1.80. The maximum absolute atomic E-state index is 13.7. The van der Waals surface area contributed by atoms with Gasteiger partial charge >= 0.3 is 0 Å². The van der Waals surface area contributed by atoms with Gasteiger partial charge in [-0.15, -0.1) is 10.2 Å². The largest absolute Gasteiger partial charge is 0.355 e. The third kappa shape index (κ3) is 5.46. The minimum atomic E-state index is -0.540.